The highest BCUT2D eigenvalue weighted by Crippen LogP contribution is 2.38. The molecule has 2 N–H and O–H groups in total. The van der Waals surface area contributed by atoms with Crippen LogP contribution in [0.4, 0.5) is 8.78 Å². The molecule has 128 valence electrons. The zero-order valence-corrected chi connectivity index (χ0v) is 13.0. The third-order valence-corrected chi connectivity index (χ3v) is 3.60. The summed E-state index contributed by atoms with van der Waals surface area (Å²) in [6.07, 6.45) is 1.72. The molecular weight excluding hydrogens is 334 g/mol. The fourth-order valence-corrected chi connectivity index (χ4v) is 2.52. The zero-order valence-electron chi connectivity index (χ0n) is 12.1. The van der Waals surface area contributed by atoms with Crippen molar-refractivity contribution in [3.05, 3.63) is 17.7 Å². The van der Waals surface area contributed by atoms with Gasteiger partial charge in [-0.2, -0.15) is 8.78 Å². The molecule has 0 aromatic heterocycles. The van der Waals surface area contributed by atoms with E-state index in [1.165, 1.54) is 6.07 Å². The van der Waals surface area contributed by atoms with Crippen molar-refractivity contribution in [1.29, 1.82) is 0 Å². The summed E-state index contributed by atoms with van der Waals surface area (Å²) in [7, 11) is 0. The molecule has 3 rings (SSSR count). The van der Waals surface area contributed by atoms with E-state index in [4.69, 9.17) is 9.47 Å². The second-order valence-corrected chi connectivity index (χ2v) is 5.06. The van der Waals surface area contributed by atoms with Crippen LogP contribution in [0.15, 0.2) is 12.1 Å². The summed E-state index contributed by atoms with van der Waals surface area (Å²) >= 11 is 0. The molecule has 1 unspecified atom stereocenters. The molecule has 1 fully saturated rings. The topological polar surface area (TPSA) is 68.8 Å². The maximum atomic E-state index is 12.5. The van der Waals surface area contributed by atoms with E-state index in [-0.39, 0.29) is 43.4 Å². The van der Waals surface area contributed by atoms with E-state index < -0.39 is 6.61 Å². The average Bonchev–Trinajstić information content (AvgIpc) is 3.14. The summed E-state index contributed by atoms with van der Waals surface area (Å²) in [5.41, 5.74) is 0.413. The van der Waals surface area contributed by atoms with E-state index in [9.17, 15) is 13.6 Å². The zero-order chi connectivity index (χ0) is 15.5. The number of carbonyl (C=O) groups is 1. The van der Waals surface area contributed by atoms with Gasteiger partial charge in [0.2, 0.25) is 12.7 Å². The fourth-order valence-electron chi connectivity index (χ4n) is 2.52. The van der Waals surface area contributed by atoms with Crippen molar-refractivity contribution >= 4 is 18.3 Å². The maximum absolute atomic E-state index is 12.5. The van der Waals surface area contributed by atoms with Crippen LogP contribution in [0.5, 0.6) is 17.2 Å². The molecule has 0 aliphatic carbocycles. The molecule has 1 aromatic rings. The number of carbonyl (C=O) groups excluding carboxylic acids is 1. The van der Waals surface area contributed by atoms with E-state index in [0.29, 0.717) is 17.1 Å². The number of amides is 1. The molecule has 9 heteroatoms. The van der Waals surface area contributed by atoms with Gasteiger partial charge >= 0.3 is 6.61 Å². The van der Waals surface area contributed by atoms with Gasteiger partial charge in [-0.15, -0.1) is 12.4 Å². The highest BCUT2D eigenvalue weighted by Gasteiger charge is 2.23. The summed E-state index contributed by atoms with van der Waals surface area (Å²) in [5.74, 6) is 0.616. The lowest BCUT2D eigenvalue weighted by Gasteiger charge is -2.14. The predicted molar refractivity (Wildman–Crippen MR) is 79.3 cm³/mol. The number of nitrogens with one attached hydrogen (secondary N) is 2. The Morgan fingerprint density at radius 2 is 2.13 bits per heavy atom. The van der Waals surface area contributed by atoms with Crippen LogP contribution in [0.25, 0.3) is 0 Å². The van der Waals surface area contributed by atoms with Crippen LogP contribution >= 0.6 is 12.4 Å². The lowest BCUT2D eigenvalue weighted by molar-refractivity contribution is -0.122. The highest BCUT2D eigenvalue weighted by atomic mass is 35.5. The molecule has 1 aromatic carbocycles. The average molecular weight is 351 g/mol. The largest absolute Gasteiger partial charge is 0.454 e. The van der Waals surface area contributed by atoms with Crippen molar-refractivity contribution in [1.82, 2.24) is 10.6 Å². The van der Waals surface area contributed by atoms with Gasteiger partial charge in [-0.3, -0.25) is 4.79 Å². The molecule has 0 bridgehead atoms. The lowest BCUT2D eigenvalue weighted by atomic mass is 10.1. The Bertz CT molecular complexity index is 568. The van der Waals surface area contributed by atoms with E-state index in [0.717, 1.165) is 19.4 Å². The molecule has 6 nitrogen and oxygen atoms in total. The molecule has 23 heavy (non-hydrogen) atoms. The van der Waals surface area contributed by atoms with Gasteiger partial charge < -0.3 is 24.8 Å². The highest BCUT2D eigenvalue weighted by molar-refractivity contribution is 5.85. The molecule has 0 saturated carbocycles. The van der Waals surface area contributed by atoms with Gasteiger partial charge in [-0.05, 0) is 25.5 Å². The first-order chi connectivity index (χ1) is 10.6. The fraction of sp³-hybridized carbons (Fsp3) is 0.500. The van der Waals surface area contributed by atoms with Crippen LogP contribution < -0.4 is 24.8 Å². The summed E-state index contributed by atoms with van der Waals surface area (Å²) < 4.78 is 39.9. The van der Waals surface area contributed by atoms with Gasteiger partial charge in [0.05, 0.1) is 6.04 Å². The van der Waals surface area contributed by atoms with Gasteiger partial charge in [0.15, 0.2) is 11.5 Å². The Hall–Kier alpha value is -1.80. The van der Waals surface area contributed by atoms with Crippen LogP contribution in [-0.4, -0.2) is 31.9 Å². The molecule has 2 heterocycles. The van der Waals surface area contributed by atoms with Gasteiger partial charge in [0.1, 0.15) is 5.75 Å². The number of fused-ring (bicyclic) bond motifs is 1. The molecule has 1 atom stereocenters. The van der Waals surface area contributed by atoms with E-state index in [1.54, 1.807) is 6.07 Å². The minimum absolute atomic E-state index is 0. The quantitative estimate of drug-likeness (QED) is 0.847. The Balaban J connectivity index is 0.00000192. The first-order valence-electron chi connectivity index (χ1n) is 7.02. The molecular formula is C14H17ClF2N2O4. The van der Waals surface area contributed by atoms with Crippen LogP contribution in [-0.2, 0) is 11.3 Å². The standard InChI is InChI=1S/C14H16F2N2O4.ClH/c15-14(16)22-10-5-12-11(20-7-21-12)4-8(10)6-18-13(19)9-2-1-3-17-9;/h4-5,9,14,17H,1-3,6-7H2,(H,18,19);1H. The maximum Gasteiger partial charge on any atom is 0.387 e. The van der Waals surface area contributed by atoms with Gasteiger partial charge in [-0.25, -0.2) is 0 Å². The molecule has 2 aliphatic heterocycles. The van der Waals surface area contributed by atoms with Crippen molar-refractivity contribution in [2.75, 3.05) is 13.3 Å². The Morgan fingerprint density at radius 3 is 2.78 bits per heavy atom. The summed E-state index contributed by atoms with van der Waals surface area (Å²) in [6.45, 7) is -2.03. The van der Waals surface area contributed by atoms with Gasteiger partial charge in [0, 0.05) is 18.2 Å². The van der Waals surface area contributed by atoms with Crippen LogP contribution in [0.1, 0.15) is 18.4 Å². The third kappa shape index (κ3) is 4.14. The second kappa shape index (κ2) is 7.65. The second-order valence-electron chi connectivity index (χ2n) is 5.06. The van der Waals surface area contributed by atoms with E-state index >= 15 is 0 Å². The predicted octanol–water partition coefficient (Wildman–Crippen LogP) is 1.81. The lowest BCUT2D eigenvalue weighted by Crippen LogP contribution is -2.40. The number of rotatable bonds is 5. The number of alkyl halides is 2. The van der Waals surface area contributed by atoms with E-state index in [2.05, 4.69) is 15.4 Å². The minimum Gasteiger partial charge on any atom is -0.454 e. The van der Waals surface area contributed by atoms with E-state index in [1.807, 2.05) is 0 Å². The number of benzene rings is 1. The Labute approximate surface area is 137 Å². The molecule has 2 aliphatic rings. The van der Waals surface area contributed by atoms with Crippen molar-refractivity contribution in [3.8, 4) is 17.2 Å². The summed E-state index contributed by atoms with van der Waals surface area (Å²) in [6, 6.07) is 2.67. The number of hydrogen-bond donors (Lipinski definition) is 2. The Morgan fingerprint density at radius 1 is 1.39 bits per heavy atom. The summed E-state index contributed by atoms with van der Waals surface area (Å²) in [5, 5.41) is 5.80. The van der Waals surface area contributed by atoms with Crippen molar-refractivity contribution in [3.63, 3.8) is 0 Å². The first-order valence-corrected chi connectivity index (χ1v) is 7.02. The van der Waals surface area contributed by atoms with Crippen LogP contribution in [0.3, 0.4) is 0 Å². The Kier molecular flexibility index (Phi) is 5.84. The normalized spacial score (nSPS) is 18.7. The van der Waals surface area contributed by atoms with Crippen molar-refractivity contribution in [2.45, 2.75) is 32.0 Å². The SMILES string of the molecule is Cl.O=C(NCc1cc2c(cc1OC(F)F)OCO2)C1CCCN1. The van der Waals surface area contributed by atoms with Crippen LogP contribution in [0.2, 0.25) is 0 Å². The minimum atomic E-state index is -2.95. The number of halogens is 3. The number of hydrogen-bond acceptors (Lipinski definition) is 5. The number of ether oxygens (including phenoxy) is 3. The molecule has 1 amide bonds. The third-order valence-electron chi connectivity index (χ3n) is 3.60. The van der Waals surface area contributed by atoms with Crippen molar-refractivity contribution < 1.29 is 27.8 Å². The van der Waals surface area contributed by atoms with Gasteiger partial charge in [-0.1, -0.05) is 0 Å². The molecule has 0 radical (unpaired) electrons. The smallest absolute Gasteiger partial charge is 0.387 e. The van der Waals surface area contributed by atoms with Gasteiger partial charge in [0.25, 0.3) is 0 Å². The monoisotopic (exact) mass is 350 g/mol. The van der Waals surface area contributed by atoms with Crippen LogP contribution in [0, 0.1) is 0 Å². The molecule has 1 saturated heterocycles. The molecule has 0 spiro atoms. The summed E-state index contributed by atoms with van der Waals surface area (Å²) in [4.78, 5) is 12.0. The van der Waals surface area contributed by atoms with Crippen molar-refractivity contribution in [2.24, 2.45) is 0 Å². The first kappa shape index (κ1) is 17.6.